The maximum atomic E-state index is 12.9. The van der Waals surface area contributed by atoms with Crippen LogP contribution in [-0.2, 0) is 9.53 Å². The molecule has 2 heterocycles. The Hall–Kier alpha value is -3.06. The SMILES string of the molecule is O=C(CN1CCSC1=O)OCC(=O)c1c(-c2ccccc2)[nH]c2ccccc12. The minimum atomic E-state index is -0.578. The number of rotatable bonds is 6. The molecule has 1 aliphatic rings. The van der Waals surface area contributed by atoms with Gasteiger partial charge in [0.1, 0.15) is 6.54 Å². The number of carbonyl (C=O) groups excluding carboxylic acids is 3. The van der Waals surface area contributed by atoms with Crippen molar-refractivity contribution >= 4 is 39.7 Å². The van der Waals surface area contributed by atoms with Crippen molar-refractivity contribution in [2.45, 2.75) is 0 Å². The molecule has 0 unspecified atom stereocenters. The number of para-hydroxylation sites is 1. The Labute approximate surface area is 165 Å². The summed E-state index contributed by atoms with van der Waals surface area (Å²) in [6, 6.07) is 17.1. The Morgan fingerprint density at radius 3 is 2.57 bits per heavy atom. The van der Waals surface area contributed by atoms with E-state index in [1.807, 2.05) is 54.6 Å². The van der Waals surface area contributed by atoms with Gasteiger partial charge in [0.05, 0.1) is 11.3 Å². The molecule has 1 saturated heterocycles. The molecule has 7 heteroatoms. The van der Waals surface area contributed by atoms with Gasteiger partial charge in [-0.2, -0.15) is 0 Å². The fourth-order valence-corrected chi connectivity index (χ4v) is 4.07. The first-order valence-electron chi connectivity index (χ1n) is 8.90. The van der Waals surface area contributed by atoms with Gasteiger partial charge in [-0.25, -0.2) is 0 Å². The molecule has 1 aromatic heterocycles. The smallest absolute Gasteiger partial charge is 0.326 e. The molecule has 0 saturated carbocycles. The number of hydrogen-bond acceptors (Lipinski definition) is 5. The number of aromatic nitrogens is 1. The first-order valence-corrected chi connectivity index (χ1v) is 9.88. The second-order valence-corrected chi connectivity index (χ2v) is 7.45. The minimum absolute atomic E-state index is 0.126. The van der Waals surface area contributed by atoms with Crippen molar-refractivity contribution in [3.8, 4) is 11.3 Å². The lowest BCUT2D eigenvalue weighted by molar-refractivity contribution is -0.142. The van der Waals surface area contributed by atoms with Crippen molar-refractivity contribution in [3.05, 3.63) is 60.2 Å². The second kappa shape index (κ2) is 7.90. The van der Waals surface area contributed by atoms with Crippen LogP contribution in [0.3, 0.4) is 0 Å². The van der Waals surface area contributed by atoms with Crippen LogP contribution in [0.25, 0.3) is 22.2 Å². The molecule has 0 bridgehead atoms. The highest BCUT2D eigenvalue weighted by Crippen LogP contribution is 2.30. The van der Waals surface area contributed by atoms with E-state index in [4.69, 9.17) is 4.74 Å². The van der Waals surface area contributed by atoms with Crippen molar-refractivity contribution in [3.63, 3.8) is 0 Å². The summed E-state index contributed by atoms with van der Waals surface area (Å²) >= 11 is 1.18. The normalized spacial score (nSPS) is 13.9. The molecular formula is C21H18N2O4S. The van der Waals surface area contributed by atoms with Crippen LogP contribution in [0.4, 0.5) is 4.79 Å². The number of ether oxygens (including phenoxy) is 1. The fraction of sp³-hybridized carbons (Fsp3) is 0.190. The predicted octanol–water partition coefficient (Wildman–Crippen LogP) is 3.73. The molecule has 142 valence electrons. The predicted molar refractivity (Wildman–Crippen MR) is 108 cm³/mol. The number of ketones is 1. The second-order valence-electron chi connectivity index (χ2n) is 6.41. The molecule has 3 aromatic rings. The number of nitrogens with one attached hydrogen (secondary N) is 1. The van der Waals surface area contributed by atoms with Gasteiger partial charge in [-0.05, 0) is 11.6 Å². The number of fused-ring (bicyclic) bond motifs is 1. The first kappa shape index (κ1) is 18.3. The molecule has 0 radical (unpaired) electrons. The zero-order chi connectivity index (χ0) is 19.5. The van der Waals surface area contributed by atoms with E-state index >= 15 is 0 Å². The van der Waals surface area contributed by atoms with Crippen LogP contribution < -0.4 is 0 Å². The first-order chi connectivity index (χ1) is 13.6. The summed E-state index contributed by atoms with van der Waals surface area (Å²) in [6.45, 7) is 0.0291. The molecule has 28 heavy (non-hydrogen) atoms. The number of hydrogen-bond donors (Lipinski definition) is 1. The van der Waals surface area contributed by atoms with Crippen LogP contribution in [0, 0.1) is 0 Å². The third kappa shape index (κ3) is 3.66. The summed E-state index contributed by atoms with van der Waals surface area (Å²) in [6.07, 6.45) is 0. The van der Waals surface area contributed by atoms with E-state index in [9.17, 15) is 14.4 Å². The van der Waals surface area contributed by atoms with Gasteiger partial charge in [0.2, 0.25) is 5.78 Å². The van der Waals surface area contributed by atoms with Crippen LogP contribution in [0.15, 0.2) is 54.6 Å². The third-order valence-electron chi connectivity index (χ3n) is 4.58. The quantitative estimate of drug-likeness (QED) is 0.509. The molecule has 1 N–H and O–H groups in total. The highest BCUT2D eigenvalue weighted by molar-refractivity contribution is 8.13. The van der Waals surface area contributed by atoms with Crippen LogP contribution in [0.5, 0.6) is 0 Å². The maximum absolute atomic E-state index is 12.9. The number of benzene rings is 2. The van der Waals surface area contributed by atoms with Crippen LogP contribution in [0.1, 0.15) is 10.4 Å². The standard InChI is InChI=1S/C21H18N2O4S/c24-17(13-27-18(25)12-23-10-11-28-21(23)26)19-15-8-4-5-9-16(15)22-20(19)14-6-2-1-3-7-14/h1-9,22H,10-13H2. The lowest BCUT2D eigenvalue weighted by atomic mass is 10.0. The van der Waals surface area contributed by atoms with Crippen molar-refractivity contribution in [2.24, 2.45) is 0 Å². The summed E-state index contributed by atoms with van der Waals surface area (Å²) in [5, 5.41) is 0.653. The fourth-order valence-electron chi connectivity index (χ4n) is 3.24. The molecule has 4 rings (SSSR count). The molecule has 2 aromatic carbocycles. The Kier molecular flexibility index (Phi) is 5.16. The van der Waals surface area contributed by atoms with E-state index in [1.54, 1.807) is 0 Å². The molecule has 1 fully saturated rings. The van der Waals surface area contributed by atoms with Crippen molar-refractivity contribution in [2.75, 3.05) is 25.4 Å². The number of thioether (sulfide) groups is 1. The number of H-pyrrole nitrogens is 1. The van der Waals surface area contributed by atoms with Gasteiger partial charge in [-0.1, -0.05) is 60.3 Å². The number of carbonyl (C=O) groups is 3. The Morgan fingerprint density at radius 1 is 1.07 bits per heavy atom. The summed E-state index contributed by atoms with van der Waals surface area (Å²) in [5.41, 5.74) is 2.93. The summed E-state index contributed by atoms with van der Waals surface area (Å²) in [4.78, 5) is 41.3. The summed E-state index contributed by atoms with van der Waals surface area (Å²) in [5.74, 6) is -0.196. The average molecular weight is 394 g/mol. The van der Waals surface area contributed by atoms with Gasteiger partial charge >= 0.3 is 5.97 Å². The molecule has 1 amide bonds. The molecule has 0 aliphatic carbocycles. The third-order valence-corrected chi connectivity index (χ3v) is 5.47. The highest BCUT2D eigenvalue weighted by Gasteiger charge is 2.25. The molecule has 6 nitrogen and oxygen atoms in total. The van der Waals surface area contributed by atoms with Gasteiger partial charge in [0.15, 0.2) is 6.61 Å². The van der Waals surface area contributed by atoms with Crippen molar-refractivity contribution in [1.82, 2.24) is 9.88 Å². The van der Waals surface area contributed by atoms with Gasteiger partial charge in [-0.15, -0.1) is 0 Å². The molecule has 0 spiro atoms. The van der Waals surface area contributed by atoms with Gasteiger partial charge in [0, 0.05) is 23.2 Å². The van der Waals surface area contributed by atoms with Gasteiger partial charge in [0.25, 0.3) is 5.24 Å². The summed E-state index contributed by atoms with van der Waals surface area (Å²) < 4.78 is 5.17. The lowest BCUT2D eigenvalue weighted by Gasteiger charge is -2.13. The highest BCUT2D eigenvalue weighted by atomic mass is 32.2. The molecule has 0 atom stereocenters. The summed E-state index contributed by atoms with van der Waals surface area (Å²) in [7, 11) is 0. The number of amides is 1. The lowest BCUT2D eigenvalue weighted by Crippen LogP contribution is -2.31. The Morgan fingerprint density at radius 2 is 1.82 bits per heavy atom. The number of aromatic amines is 1. The van der Waals surface area contributed by atoms with E-state index < -0.39 is 5.97 Å². The monoisotopic (exact) mass is 394 g/mol. The zero-order valence-corrected chi connectivity index (χ0v) is 15.8. The molecular weight excluding hydrogens is 376 g/mol. The van der Waals surface area contributed by atoms with Crippen molar-refractivity contribution in [1.29, 1.82) is 0 Å². The van der Waals surface area contributed by atoms with E-state index in [0.717, 1.165) is 16.5 Å². The minimum Gasteiger partial charge on any atom is -0.456 e. The van der Waals surface area contributed by atoms with Gasteiger partial charge < -0.3 is 14.6 Å². The Bertz CT molecular complexity index is 1050. The van der Waals surface area contributed by atoms with Crippen LogP contribution in [0.2, 0.25) is 0 Å². The largest absolute Gasteiger partial charge is 0.456 e. The molecule has 1 aliphatic heterocycles. The van der Waals surface area contributed by atoms with E-state index in [0.29, 0.717) is 23.6 Å². The van der Waals surface area contributed by atoms with E-state index in [-0.39, 0.29) is 24.2 Å². The van der Waals surface area contributed by atoms with E-state index in [2.05, 4.69) is 4.98 Å². The van der Waals surface area contributed by atoms with Crippen molar-refractivity contribution < 1.29 is 19.1 Å². The van der Waals surface area contributed by atoms with Gasteiger partial charge in [-0.3, -0.25) is 14.4 Å². The van der Waals surface area contributed by atoms with Crippen LogP contribution >= 0.6 is 11.8 Å². The van der Waals surface area contributed by atoms with Crippen LogP contribution in [-0.4, -0.2) is 52.3 Å². The number of esters is 1. The Balaban J connectivity index is 1.55. The number of Topliss-reactive ketones (excluding diaryl/α,β-unsaturated/α-hetero) is 1. The zero-order valence-electron chi connectivity index (χ0n) is 15.0. The topological polar surface area (TPSA) is 79.5 Å². The van der Waals surface area contributed by atoms with E-state index in [1.165, 1.54) is 16.7 Å². The average Bonchev–Trinajstić information content (AvgIpc) is 3.30. The number of nitrogens with zero attached hydrogens (tertiary/aromatic N) is 1. The maximum Gasteiger partial charge on any atom is 0.326 e.